The number of benzene rings is 2. The molecule has 3 heteroatoms. The van der Waals surface area contributed by atoms with E-state index in [0.29, 0.717) is 6.42 Å². The molecule has 0 heterocycles. The van der Waals surface area contributed by atoms with E-state index in [1.807, 2.05) is 36.4 Å². The van der Waals surface area contributed by atoms with Gasteiger partial charge in [0, 0.05) is 0 Å². The predicted molar refractivity (Wildman–Crippen MR) is 81.6 cm³/mol. The lowest BCUT2D eigenvalue weighted by atomic mass is 10.1. The zero-order chi connectivity index (χ0) is 14.8. The van der Waals surface area contributed by atoms with E-state index in [9.17, 15) is 4.79 Å². The molecule has 1 atom stereocenters. The first-order valence-corrected chi connectivity index (χ1v) is 6.69. The molecule has 0 radical (unpaired) electrons. The number of aryl methyl sites for hydroxylation is 1. The zero-order valence-electron chi connectivity index (χ0n) is 11.7. The van der Waals surface area contributed by atoms with Crippen molar-refractivity contribution in [2.24, 2.45) is 5.73 Å². The maximum absolute atomic E-state index is 10.4. The number of rotatable bonds is 4. The lowest BCUT2D eigenvalue weighted by molar-refractivity contribution is -0.138. The SMILES string of the molecule is CCc1ccccc1.NC(Cc1ccccc1)C(=O)O. The summed E-state index contributed by atoms with van der Waals surface area (Å²) >= 11 is 0. The monoisotopic (exact) mass is 271 g/mol. The molecule has 0 aromatic heterocycles. The smallest absolute Gasteiger partial charge is 0.320 e. The fourth-order valence-electron chi connectivity index (χ4n) is 1.67. The van der Waals surface area contributed by atoms with Crippen molar-refractivity contribution >= 4 is 5.97 Å². The van der Waals surface area contributed by atoms with Crippen LogP contribution < -0.4 is 5.73 Å². The van der Waals surface area contributed by atoms with Gasteiger partial charge in [0.15, 0.2) is 0 Å². The van der Waals surface area contributed by atoms with Crippen LogP contribution in [0.15, 0.2) is 60.7 Å². The molecule has 106 valence electrons. The van der Waals surface area contributed by atoms with Gasteiger partial charge in [-0.3, -0.25) is 4.79 Å². The summed E-state index contributed by atoms with van der Waals surface area (Å²) in [4.78, 5) is 10.4. The van der Waals surface area contributed by atoms with Crippen LogP contribution in [0.1, 0.15) is 18.1 Å². The third-order valence-corrected chi connectivity index (χ3v) is 2.87. The van der Waals surface area contributed by atoms with E-state index < -0.39 is 12.0 Å². The number of hydrogen-bond donors (Lipinski definition) is 2. The molecule has 2 aromatic carbocycles. The second kappa shape index (κ2) is 8.88. The van der Waals surface area contributed by atoms with Crippen LogP contribution in [0.2, 0.25) is 0 Å². The number of carboxylic acids is 1. The topological polar surface area (TPSA) is 63.3 Å². The molecule has 0 aliphatic carbocycles. The lowest BCUT2D eigenvalue weighted by Gasteiger charge is -2.04. The molecular formula is C17H21NO2. The molecule has 0 fully saturated rings. The first-order chi connectivity index (χ1) is 9.63. The molecule has 0 amide bonds. The highest BCUT2D eigenvalue weighted by molar-refractivity contribution is 5.73. The van der Waals surface area contributed by atoms with Gasteiger partial charge in [-0.05, 0) is 24.0 Å². The van der Waals surface area contributed by atoms with Crippen LogP contribution in [-0.2, 0) is 17.6 Å². The van der Waals surface area contributed by atoms with Crippen LogP contribution in [0.4, 0.5) is 0 Å². The number of hydrogen-bond acceptors (Lipinski definition) is 2. The van der Waals surface area contributed by atoms with Gasteiger partial charge in [-0.15, -0.1) is 0 Å². The first kappa shape index (κ1) is 15.9. The van der Waals surface area contributed by atoms with E-state index in [-0.39, 0.29) is 0 Å². The second-order valence-corrected chi connectivity index (χ2v) is 4.47. The minimum Gasteiger partial charge on any atom is -0.480 e. The Bertz CT molecular complexity index is 497. The fourth-order valence-corrected chi connectivity index (χ4v) is 1.67. The standard InChI is InChI=1S/C9H11NO2.C8H10/c10-8(9(11)12)6-7-4-2-1-3-5-7;1-2-8-6-4-3-5-7-8/h1-5,8H,6,10H2,(H,11,12);3-7H,2H2,1H3. The Kier molecular flexibility index (Phi) is 7.07. The molecule has 2 aromatic rings. The van der Waals surface area contributed by atoms with Gasteiger partial charge >= 0.3 is 5.97 Å². The number of carboxylic acid groups (broad SMARTS) is 1. The molecule has 3 nitrogen and oxygen atoms in total. The van der Waals surface area contributed by atoms with Crippen molar-refractivity contribution in [3.05, 3.63) is 71.8 Å². The predicted octanol–water partition coefficient (Wildman–Crippen LogP) is 2.89. The molecule has 0 saturated carbocycles. The van der Waals surface area contributed by atoms with Crippen LogP contribution in [0, 0.1) is 0 Å². The van der Waals surface area contributed by atoms with Crippen molar-refractivity contribution < 1.29 is 9.90 Å². The Hall–Kier alpha value is -2.13. The maximum atomic E-state index is 10.4. The number of nitrogens with two attached hydrogens (primary N) is 1. The van der Waals surface area contributed by atoms with Gasteiger partial charge in [0.2, 0.25) is 0 Å². The highest BCUT2D eigenvalue weighted by Gasteiger charge is 2.10. The molecule has 0 aliphatic heterocycles. The quantitative estimate of drug-likeness (QED) is 0.898. The number of aliphatic carboxylic acids is 1. The van der Waals surface area contributed by atoms with Crippen LogP contribution in [-0.4, -0.2) is 17.1 Å². The van der Waals surface area contributed by atoms with E-state index in [2.05, 4.69) is 31.2 Å². The summed E-state index contributed by atoms with van der Waals surface area (Å²) < 4.78 is 0. The lowest BCUT2D eigenvalue weighted by Crippen LogP contribution is -2.32. The highest BCUT2D eigenvalue weighted by atomic mass is 16.4. The molecular weight excluding hydrogens is 250 g/mol. The minimum atomic E-state index is -0.959. The molecule has 0 aliphatic rings. The molecule has 0 saturated heterocycles. The summed E-state index contributed by atoms with van der Waals surface area (Å²) in [5.74, 6) is -0.959. The maximum Gasteiger partial charge on any atom is 0.320 e. The largest absolute Gasteiger partial charge is 0.480 e. The van der Waals surface area contributed by atoms with Gasteiger partial charge in [0.25, 0.3) is 0 Å². The average Bonchev–Trinajstić information content (AvgIpc) is 2.49. The van der Waals surface area contributed by atoms with E-state index in [4.69, 9.17) is 10.8 Å². The molecule has 0 bridgehead atoms. The van der Waals surface area contributed by atoms with Gasteiger partial charge in [-0.25, -0.2) is 0 Å². The number of carbonyl (C=O) groups is 1. The van der Waals surface area contributed by atoms with E-state index in [0.717, 1.165) is 12.0 Å². The Morgan fingerprint density at radius 3 is 1.80 bits per heavy atom. The molecule has 0 spiro atoms. The van der Waals surface area contributed by atoms with E-state index in [1.54, 1.807) is 0 Å². The summed E-state index contributed by atoms with van der Waals surface area (Å²) in [7, 11) is 0. The average molecular weight is 271 g/mol. The second-order valence-electron chi connectivity index (χ2n) is 4.47. The van der Waals surface area contributed by atoms with Gasteiger partial charge in [-0.1, -0.05) is 67.6 Å². The summed E-state index contributed by atoms with van der Waals surface area (Å²) in [5.41, 5.74) is 7.71. The van der Waals surface area contributed by atoms with Gasteiger partial charge < -0.3 is 10.8 Å². The van der Waals surface area contributed by atoms with Crippen LogP contribution in [0.3, 0.4) is 0 Å². The molecule has 1 unspecified atom stereocenters. The van der Waals surface area contributed by atoms with Crippen LogP contribution in [0.5, 0.6) is 0 Å². The minimum absolute atomic E-state index is 0.385. The summed E-state index contributed by atoms with van der Waals surface area (Å²) in [5, 5.41) is 8.52. The van der Waals surface area contributed by atoms with Crippen molar-refractivity contribution in [2.75, 3.05) is 0 Å². The third-order valence-electron chi connectivity index (χ3n) is 2.87. The summed E-state index contributed by atoms with van der Waals surface area (Å²) in [6.07, 6.45) is 1.52. The Morgan fingerprint density at radius 1 is 1.00 bits per heavy atom. The summed E-state index contributed by atoms with van der Waals surface area (Å²) in [6.45, 7) is 2.16. The highest BCUT2D eigenvalue weighted by Crippen LogP contribution is 2.01. The zero-order valence-corrected chi connectivity index (χ0v) is 11.7. The Balaban J connectivity index is 0.000000217. The van der Waals surface area contributed by atoms with Gasteiger partial charge in [-0.2, -0.15) is 0 Å². The van der Waals surface area contributed by atoms with Crippen molar-refractivity contribution in [1.82, 2.24) is 0 Å². The van der Waals surface area contributed by atoms with Crippen LogP contribution in [0.25, 0.3) is 0 Å². The Morgan fingerprint density at radius 2 is 1.45 bits per heavy atom. The third kappa shape index (κ3) is 6.16. The summed E-state index contributed by atoms with van der Waals surface area (Å²) in [6, 6.07) is 19.0. The Labute approximate surface area is 120 Å². The van der Waals surface area contributed by atoms with Crippen molar-refractivity contribution in [3.63, 3.8) is 0 Å². The van der Waals surface area contributed by atoms with Gasteiger partial charge in [0.05, 0.1) is 0 Å². The van der Waals surface area contributed by atoms with Gasteiger partial charge in [0.1, 0.15) is 6.04 Å². The molecule has 3 N–H and O–H groups in total. The van der Waals surface area contributed by atoms with E-state index >= 15 is 0 Å². The normalized spacial score (nSPS) is 11.1. The van der Waals surface area contributed by atoms with Crippen molar-refractivity contribution in [1.29, 1.82) is 0 Å². The molecule has 2 rings (SSSR count). The first-order valence-electron chi connectivity index (χ1n) is 6.69. The van der Waals surface area contributed by atoms with E-state index in [1.165, 1.54) is 5.56 Å². The van der Waals surface area contributed by atoms with Crippen LogP contribution >= 0.6 is 0 Å². The molecule has 20 heavy (non-hydrogen) atoms. The van der Waals surface area contributed by atoms with Crippen molar-refractivity contribution in [2.45, 2.75) is 25.8 Å². The fraction of sp³-hybridized carbons (Fsp3) is 0.235. The van der Waals surface area contributed by atoms with Crippen molar-refractivity contribution in [3.8, 4) is 0 Å².